The predicted octanol–water partition coefficient (Wildman–Crippen LogP) is 3.24. The van der Waals surface area contributed by atoms with Crippen molar-refractivity contribution in [1.29, 1.82) is 0 Å². The van der Waals surface area contributed by atoms with Crippen LogP contribution in [0.3, 0.4) is 0 Å². The molecule has 0 unspecified atom stereocenters. The van der Waals surface area contributed by atoms with Crippen LogP contribution in [0.1, 0.15) is 6.92 Å². The molecule has 4 nitrogen and oxygen atoms in total. The van der Waals surface area contributed by atoms with Crippen LogP contribution >= 0.6 is 0 Å². The molecular formula is C12H37HfO4Si4-. The van der Waals surface area contributed by atoms with Crippen molar-refractivity contribution in [2.45, 2.75) is 71.9 Å². The minimum absolute atomic E-state index is 0. The summed E-state index contributed by atoms with van der Waals surface area (Å²) >= 11 is 0. The molecule has 0 radical (unpaired) electrons. The molecule has 3 N–H and O–H groups in total. The van der Waals surface area contributed by atoms with E-state index in [1.807, 2.05) is 65.8 Å². The van der Waals surface area contributed by atoms with Crippen molar-refractivity contribution >= 4 is 33.6 Å². The van der Waals surface area contributed by atoms with E-state index in [9.17, 15) is 4.46 Å². The Morgan fingerprint density at radius 1 is 0.762 bits per heavy atom. The van der Waals surface area contributed by atoms with Crippen molar-refractivity contribution < 1.29 is 44.7 Å². The summed E-state index contributed by atoms with van der Waals surface area (Å²) in [6, 6.07) is 0.741. The minimum atomic E-state index is -1.61. The fourth-order valence-corrected chi connectivity index (χ4v) is 0. The summed E-state index contributed by atoms with van der Waals surface area (Å²) in [5.41, 5.74) is 0. The molecule has 0 fully saturated rings. The van der Waals surface area contributed by atoms with Crippen molar-refractivity contribution in [1.82, 2.24) is 0 Å². The summed E-state index contributed by atoms with van der Waals surface area (Å²) < 4.78 is 9.89. The summed E-state index contributed by atoms with van der Waals surface area (Å²) in [6.45, 7) is 22.1. The molecule has 21 heavy (non-hydrogen) atoms. The Bertz CT molecular complexity index is 186. The molecule has 0 saturated heterocycles. The molecule has 0 spiro atoms. The van der Waals surface area contributed by atoms with Gasteiger partial charge in [-0.2, -0.15) is 0 Å². The van der Waals surface area contributed by atoms with Gasteiger partial charge in [-0.05, 0) is 65.0 Å². The van der Waals surface area contributed by atoms with Crippen molar-refractivity contribution in [3.63, 3.8) is 0 Å². The predicted molar refractivity (Wildman–Crippen MR) is 99.0 cm³/mol. The molecule has 0 amide bonds. The van der Waals surface area contributed by atoms with Gasteiger partial charge < -0.3 is 25.4 Å². The molecule has 0 aromatic carbocycles. The van der Waals surface area contributed by atoms with Crippen LogP contribution < -0.4 is 0 Å². The van der Waals surface area contributed by atoms with E-state index in [0.717, 1.165) is 6.04 Å². The molecule has 0 aliphatic carbocycles. The molecule has 0 aliphatic heterocycles. The Morgan fingerprint density at radius 3 is 0.810 bits per heavy atom. The van der Waals surface area contributed by atoms with E-state index in [-0.39, 0.29) is 25.8 Å². The van der Waals surface area contributed by atoms with Crippen LogP contribution in [0.25, 0.3) is 0 Å². The van der Waals surface area contributed by atoms with Crippen LogP contribution in [0.4, 0.5) is 0 Å². The largest absolute Gasteiger partial charge is 0.433 e. The Hall–Kier alpha value is 1.29. The summed E-state index contributed by atoms with van der Waals surface area (Å²) in [5, 5.41) is 0. The molecular weight excluding hydrogens is 499 g/mol. The maximum atomic E-state index is 9.89. The molecule has 0 aliphatic rings. The van der Waals surface area contributed by atoms with Gasteiger partial charge >= 0.3 is 0 Å². The maximum Gasteiger partial charge on any atom is 0.179 e. The van der Waals surface area contributed by atoms with Crippen LogP contribution in [0, 0.1) is 6.55 Å². The quantitative estimate of drug-likeness (QED) is 0.356. The monoisotopic (exact) mass is 537 g/mol. The van der Waals surface area contributed by atoms with Crippen LogP contribution in [-0.2, 0) is 30.3 Å². The first kappa shape index (κ1) is 33.8. The maximum absolute atomic E-state index is 9.89. The second kappa shape index (κ2) is 16.2. The first-order valence-electron chi connectivity index (χ1n) is 6.79. The van der Waals surface area contributed by atoms with Gasteiger partial charge in [0.05, 0.1) is 0 Å². The van der Waals surface area contributed by atoms with Gasteiger partial charge in [0, 0.05) is 25.8 Å². The number of hydrogen-bond donors (Lipinski definition) is 3. The van der Waals surface area contributed by atoms with Gasteiger partial charge in [-0.25, -0.2) is 0 Å². The zero-order valence-corrected chi connectivity index (χ0v) is 23.3. The molecule has 0 aromatic rings. The van der Waals surface area contributed by atoms with Gasteiger partial charge in [-0.15, -0.1) is 0 Å². The molecule has 0 heterocycles. The fraction of sp³-hybridized carbons (Fsp3) is 0.917. The van der Waals surface area contributed by atoms with Crippen molar-refractivity contribution in [3.05, 3.63) is 6.55 Å². The zero-order valence-electron chi connectivity index (χ0n) is 15.7. The first-order valence-corrected chi connectivity index (χ1v) is 19.0. The summed E-state index contributed by atoms with van der Waals surface area (Å²) in [5.74, 6) is 0. The summed E-state index contributed by atoms with van der Waals surface area (Å²) in [4.78, 5) is 26.0. The average molecular weight is 536 g/mol. The van der Waals surface area contributed by atoms with Crippen LogP contribution in [0.15, 0.2) is 0 Å². The molecule has 0 aromatic heterocycles. The molecule has 0 bridgehead atoms. The molecule has 0 atom stereocenters. The first-order chi connectivity index (χ1) is 8.27. The smallest absolute Gasteiger partial charge is 0.179 e. The van der Waals surface area contributed by atoms with Gasteiger partial charge in [0.25, 0.3) is 0 Å². The summed E-state index contributed by atoms with van der Waals surface area (Å²) in [6.07, 6.45) is 0. The fourth-order valence-electron chi connectivity index (χ4n) is 0. The number of hydrogen-bond acceptors (Lipinski definition) is 4. The van der Waals surface area contributed by atoms with Crippen LogP contribution in [0.5, 0.6) is 0 Å². The van der Waals surface area contributed by atoms with Gasteiger partial charge in [0.2, 0.25) is 0 Å². The molecule has 9 heteroatoms. The van der Waals surface area contributed by atoms with Crippen LogP contribution in [-0.4, -0.2) is 48.0 Å². The van der Waals surface area contributed by atoms with E-state index < -0.39 is 33.6 Å². The Balaban J connectivity index is -0.0000000533. The van der Waals surface area contributed by atoms with Crippen LogP contribution in [0.2, 0.25) is 65.0 Å². The van der Waals surface area contributed by atoms with Gasteiger partial charge in [0.1, 0.15) is 8.68 Å². The average Bonchev–Trinajstić information content (AvgIpc) is 1.93. The Morgan fingerprint density at radius 2 is 0.810 bits per heavy atom. The van der Waals surface area contributed by atoms with E-state index >= 15 is 0 Å². The van der Waals surface area contributed by atoms with Crippen molar-refractivity contribution in [2.75, 3.05) is 0 Å². The van der Waals surface area contributed by atoms with E-state index in [0.29, 0.717) is 0 Å². The second-order valence-corrected chi connectivity index (χ2v) is 22.2. The van der Waals surface area contributed by atoms with Crippen molar-refractivity contribution in [3.8, 4) is 0 Å². The standard InChI is InChI=1S/3C3H10OSi.C3H7OSi.Hf/c3*1-5(2,3)4;1-3-5(2)4;/h3*4H,1-3H3;2-3H2,1H3;/q;;;-1;. The van der Waals surface area contributed by atoms with Gasteiger partial charge in [-0.1, -0.05) is 6.92 Å². The molecule has 0 rings (SSSR count). The third-order valence-electron chi connectivity index (χ3n) is 0.394. The van der Waals surface area contributed by atoms with E-state index in [2.05, 4.69) is 6.55 Å². The third kappa shape index (κ3) is 733. The second-order valence-electron chi connectivity index (χ2n) is 7.40. The Labute approximate surface area is 156 Å². The SMILES string of the molecule is C[Si](C)(C)O.C[Si](C)(C)O.C[Si](C)(C)O.[CH2-][Si](=O)CC.[Hf]. The van der Waals surface area contributed by atoms with E-state index in [1.165, 1.54) is 0 Å². The minimum Gasteiger partial charge on any atom is -0.433 e. The Kier molecular flexibility index (Phi) is 26.0. The summed E-state index contributed by atoms with van der Waals surface area (Å²) in [7, 11) is -6.21. The zero-order chi connectivity index (χ0) is 17.8. The molecule has 130 valence electrons. The van der Waals surface area contributed by atoms with Gasteiger partial charge in [0.15, 0.2) is 25.0 Å². The van der Waals surface area contributed by atoms with Crippen molar-refractivity contribution in [2.24, 2.45) is 0 Å². The molecule has 0 saturated carbocycles. The van der Waals surface area contributed by atoms with E-state index in [4.69, 9.17) is 14.4 Å². The number of rotatable bonds is 1. The third-order valence-corrected chi connectivity index (χ3v) is 1.18. The topological polar surface area (TPSA) is 77.8 Å². The van der Waals surface area contributed by atoms with Gasteiger partial charge in [-0.3, -0.25) is 0 Å². The van der Waals surface area contributed by atoms with E-state index in [1.54, 1.807) is 0 Å². The normalized spacial score (nSPS) is 10.3.